The molecule has 2 nitrogen and oxygen atoms in total. The Bertz CT molecular complexity index is 903. The van der Waals surface area contributed by atoms with E-state index in [4.69, 9.17) is 5.73 Å². The molecule has 2 N–H and O–H groups in total. The second kappa shape index (κ2) is 11.1. The average molecular weight is 424 g/mol. The Morgan fingerprint density at radius 1 is 1.31 bits per heavy atom. The summed E-state index contributed by atoms with van der Waals surface area (Å²) in [5.74, 6) is 0.450. The van der Waals surface area contributed by atoms with Crippen molar-refractivity contribution in [3.8, 4) is 0 Å². The van der Waals surface area contributed by atoms with Crippen molar-refractivity contribution in [3.63, 3.8) is 0 Å². The molecular formula is C24H33BN2S2. The van der Waals surface area contributed by atoms with Crippen LogP contribution in [0.15, 0.2) is 56.4 Å². The van der Waals surface area contributed by atoms with E-state index >= 15 is 0 Å². The first kappa shape index (κ1) is 23.8. The number of hydrogen-bond donors (Lipinski definition) is 1. The third-order valence-corrected chi connectivity index (χ3v) is 7.00. The van der Waals surface area contributed by atoms with E-state index in [1.807, 2.05) is 18.7 Å². The Hall–Kier alpha value is -1.46. The molecule has 1 unspecified atom stereocenters. The van der Waals surface area contributed by atoms with Crippen LogP contribution in [0.1, 0.15) is 58.6 Å². The van der Waals surface area contributed by atoms with E-state index in [2.05, 4.69) is 83.1 Å². The molecule has 1 heterocycles. The van der Waals surface area contributed by atoms with Crippen LogP contribution in [0.2, 0.25) is 0 Å². The van der Waals surface area contributed by atoms with Crippen LogP contribution >= 0.6 is 23.5 Å². The molecule has 29 heavy (non-hydrogen) atoms. The van der Waals surface area contributed by atoms with Gasteiger partial charge in [0.05, 0.1) is 0 Å². The number of rotatable bonds is 4. The van der Waals surface area contributed by atoms with Gasteiger partial charge in [0.1, 0.15) is 0 Å². The van der Waals surface area contributed by atoms with E-state index in [0.717, 1.165) is 18.5 Å². The van der Waals surface area contributed by atoms with Crippen LogP contribution in [0.3, 0.4) is 0 Å². The Morgan fingerprint density at radius 3 is 2.66 bits per heavy atom. The number of aryl methyl sites for hydroxylation is 2. The SMILES string of the molecule is CC/C=C(/C)N=C(N)SC=C1C(=Bc2ccc(C)cc2C)SC(=C(C)C)CC1C. The molecule has 0 spiro atoms. The Balaban J connectivity index is 2.42. The van der Waals surface area contributed by atoms with Crippen molar-refractivity contribution in [3.05, 3.63) is 62.6 Å². The number of amidine groups is 1. The molecule has 0 radical (unpaired) electrons. The molecular weight excluding hydrogens is 391 g/mol. The summed E-state index contributed by atoms with van der Waals surface area (Å²) < 4.78 is 0. The molecule has 0 aliphatic carbocycles. The van der Waals surface area contributed by atoms with Gasteiger partial charge >= 0.3 is 186 Å². The first-order valence-electron chi connectivity index (χ1n) is 10.2. The molecule has 1 atom stereocenters. The van der Waals surface area contributed by atoms with Gasteiger partial charge < -0.3 is 0 Å². The van der Waals surface area contributed by atoms with Crippen molar-refractivity contribution in [2.45, 2.75) is 61.3 Å². The van der Waals surface area contributed by atoms with Crippen molar-refractivity contribution < 1.29 is 0 Å². The number of benzene rings is 1. The van der Waals surface area contributed by atoms with Gasteiger partial charge in [0.15, 0.2) is 0 Å². The van der Waals surface area contributed by atoms with Crippen molar-refractivity contribution in [2.24, 2.45) is 16.6 Å². The fourth-order valence-electron chi connectivity index (χ4n) is 3.25. The van der Waals surface area contributed by atoms with Crippen molar-refractivity contribution >= 4 is 45.9 Å². The van der Waals surface area contributed by atoms with Gasteiger partial charge in [-0.05, 0) is 0 Å². The summed E-state index contributed by atoms with van der Waals surface area (Å²) in [7, 11) is 0. The maximum atomic E-state index is 6.17. The first-order chi connectivity index (χ1) is 13.7. The van der Waals surface area contributed by atoms with E-state index in [-0.39, 0.29) is 0 Å². The summed E-state index contributed by atoms with van der Waals surface area (Å²) in [6.07, 6.45) is 4.14. The molecule has 154 valence electrons. The Labute approximate surface area is 186 Å². The van der Waals surface area contributed by atoms with Gasteiger partial charge in [-0.3, -0.25) is 0 Å². The number of thioether (sulfide) groups is 2. The summed E-state index contributed by atoms with van der Waals surface area (Å²) >= 11 is 3.43. The van der Waals surface area contributed by atoms with Crippen LogP contribution in [0.25, 0.3) is 0 Å². The fourth-order valence-corrected chi connectivity index (χ4v) is 5.50. The summed E-state index contributed by atoms with van der Waals surface area (Å²) in [5.41, 5.74) is 13.8. The van der Waals surface area contributed by atoms with Crippen molar-refractivity contribution in [2.75, 3.05) is 0 Å². The van der Waals surface area contributed by atoms with Crippen molar-refractivity contribution in [1.29, 1.82) is 0 Å². The number of nitrogens with zero attached hydrogens (tertiary/aromatic N) is 1. The van der Waals surface area contributed by atoms with Gasteiger partial charge in [-0.25, -0.2) is 0 Å². The third kappa shape index (κ3) is 7.07. The number of hydrogen-bond acceptors (Lipinski definition) is 3. The zero-order chi connectivity index (χ0) is 21.6. The molecule has 1 saturated heterocycles. The summed E-state index contributed by atoms with van der Waals surface area (Å²) in [4.78, 5) is 7.27. The second-order valence-electron chi connectivity index (χ2n) is 7.89. The van der Waals surface area contributed by atoms with Gasteiger partial charge in [-0.1, -0.05) is 0 Å². The topological polar surface area (TPSA) is 38.4 Å². The van der Waals surface area contributed by atoms with Gasteiger partial charge in [0.25, 0.3) is 0 Å². The van der Waals surface area contributed by atoms with Crippen molar-refractivity contribution in [1.82, 2.24) is 0 Å². The van der Waals surface area contributed by atoms with Gasteiger partial charge in [-0.15, -0.1) is 0 Å². The predicted molar refractivity (Wildman–Crippen MR) is 137 cm³/mol. The molecule has 1 fully saturated rings. The normalized spacial score (nSPS) is 20.9. The molecule has 0 saturated carbocycles. The summed E-state index contributed by atoms with van der Waals surface area (Å²) in [6.45, 7) is 17.5. The summed E-state index contributed by atoms with van der Waals surface area (Å²) in [6, 6.07) is 6.65. The van der Waals surface area contributed by atoms with E-state index in [0.29, 0.717) is 11.1 Å². The molecule has 0 bridgehead atoms. The quantitative estimate of drug-likeness (QED) is 0.362. The zero-order valence-corrected chi connectivity index (χ0v) is 20.4. The number of allylic oxidation sites excluding steroid dienone is 4. The van der Waals surface area contributed by atoms with E-state index in [1.54, 1.807) is 0 Å². The molecule has 5 heteroatoms. The van der Waals surface area contributed by atoms with Gasteiger partial charge in [0.2, 0.25) is 0 Å². The second-order valence-corrected chi connectivity index (χ2v) is 9.92. The standard InChI is InChI=1S/C24H33BN2S2/c1-8-9-19(7)27-24(26)28-14-20-17(5)13-22(15(2)3)29-23(20)25-21-11-10-16(4)12-18(21)6/h9-12,14,17H,8,13H2,1-7H3,(H2,26,27)/b19-9-,20-14?. The first-order valence-corrected chi connectivity index (χ1v) is 11.9. The van der Waals surface area contributed by atoms with Crippen LogP contribution in [0.5, 0.6) is 0 Å². The van der Waals surface area contributed by atoms with Crippen LogP contribution in [-0.4, -0.2) is 16.9 Å². The van der Waals surface area contributed by atoms with E-state index in [1.165, 1.54) is 49.2 Å². The van der Waals surface area contributed by atoms with Crippen LogP contribution < -0.4 is 11.2 Å². The predicted octanol–water partition coefficient (Wildman–Crippen LogP) is 6.08. The number of aliphatic imine (C=N–C) groups is 1. The Morgan fingerprint density at radius 2 is 2.03 bits per heavy atom. The molecule has 1 aliphatic rings. The molecule has 1 aromatic rings. The Kier molecular flexibility index (Phi) is 9.10. The third-order valence-electron chi connectivity index (χ3n) is 4.90. The molecule has 0 aromatic heterocycles. The van der Waals surface area contributed by atoms with Crippen LogP contribution in [-0.2, 0) is 0 Å². The van der Waals surface area contributed by atoms with Crippen LogP contribution in [0, 0.1) is 19.8 Å². The van der Waals surface area contributed by atoms with Gasteiger partial charge in [-0.2, -0.15) is 0 Å². The van der Waals surface area contributed by atoms with E-state index in [9.17, 15) is 0 Å². The summed E-state index contributed by atoms with van der Waals surface area (Å²) in [5, 5.41) is 2.79. The fraction of sp³-hybridized carbons (Fsp3) is 0.417. The monoisotopic (exact) mass is 424 g/mol. The molecule has 1 aliphatic heterocycles. The average Bonchev–Trinajstić information content (AvgIpc) is 2.63. The van der Waals surface area contributed by atoms with E-state index < -0.39 is 0 Å². The maximum absolute atomic E-state index is 6.17. The molecule has 1 aromatic carbocycles. The zero-order valence-electron chi connectivity index (χ0n) is 18.8. The minimum absolute atomic E-state index is 0.450. The minimum atomic E-state index is 0.450. The number of nitrogens with two attached hydrogens (primary N) is 1. The van der Waals surface area contributed by atoms with Crippen LogP contribution in [0.4, 0.5) is 0 Å². The molecule has 2 rings (SSSR count). The van der Waals surface area contributed by atoms with Gasteiger partial charge in [0, 0.05) is 0 Å². The molecule has 0 amide bonds.